The Kier molecular flexibility index (Phi) is 7.12. The minimum Gasteiger partial charge on any atom is -0.461 e. The molecule has 0 fully saturated rings. The molecule has 2 amide bonds. The summed E-state index contributed by atoms with van der Waals surface area (Å²) in [5.41, 5.74) is 2.07. The van der Waals surface area contributed by atoms with Gasteiger partial charge in [0.15, 0.2) is 0 Å². The van der Waals surface area contributed by atoms with Crippen molar-refractivity contribution in [1.29, 1.82) is 0 Å². The van der Waals surface area contributed by atoms with Gasteiger partial charge >= 0.3 is 12.0 Å². The molecule has 0 saturated heterocycles. The molecule has 0 aliphatic carbocycles. The van der Waals surface area contributed by atoms with Gasteiger partial charge in [-0.25, -0.2) is 15.0 Å². The number of hydrogen-bond acceptors (Lipinski definition) is 4. The van der Waals surface area contributed by atoms with Crippen LogP contribution in [0.2, 0.25) is 0 Å². The number of esters is 1. The second-order valence-corrected chi connectivity index (χ2v) is 2.47. The molecule has 6 heteroatoms. The van der Waals surface area contributed by atoms with Crippen LogP contribution in [0.5, 0.6) is 0 Å². The Morgan fingerprint density at radius 2 is 2.21 bits per heavy atom. The van der Waals surface area contributed by atoms with E-state index in [0.29, 0.717) is 6.61 Å². The van der Waals surface area contributed by atoms with Crippen molar-refractivity contribution in [2.24, 2.45) is 5.10 Å². The number of carbonyl (C=O) groups excluding carboxylic acids is 2. The van der Waals surface area contributed by atoms with Crippen molar-refractivity contribution in [2.45, 2.75) is 19.8 Å². The van der Waals surface area contributed by atoms with Gasteiger partial charge < -0.3 is 10.1 Å². The van der Waals surface area contributed by atoms with Gasteiger partial charge in [0, 0.05) is 7.05 Å². The van der Waals surface area contributed by atoms with Crippen LogP contribution in [-0.2, 0) is 9.53 Å². The molecule has 0 aliphatic heterocycles. The fraction of sp³-hybridized carbons (Fsp3) is 0.625. The lowest BCUT2D eigenvalue weighted by Gasteiger charge is -1.99. The van der Waals surface area contributed by atoms with Crippen molar-refractivity contribution in [3.05, 3.63) is 0 Å². The van der Waals surface area contributed by atoms with E-state index in [1.165, 1.54) is 7.05 Å². The summed E-state index contributed by atoms with van der Waals surface area (Å²) in [4.78, 5) is 21.4. The van der Waals surface area contributed by atoms with Gasteiger partial charge in [-0.15, -0.1) is 0 Å². The second-order valence-electron chi connectivity index (χ2n) is 2.47. The van der Waals surface area contributed by atoms with Crippen molar-refractivity contribution in [3.63, 3.8) is 0 Å². The first-order valence-corrected chi connectivity index (χ1v) is 4.38. The molecule has 0 heterocycles. The Balaban J connectivity index is 3.55. The van der Waals surface area contributed by atoms with Crippen LogP contribution in [-0.4, -0.2) is 31.9 Å². The number of unbranched alkanes of at least 4 members (excludes halogenated alkanes) is 1. The summed E-state index contributed by atoms with van der Waals surface area (Å²) in [6.07, 6.45) is 2.70. The number of nitrogens with zero attached hydrogens (tertiary/aromatic N) is 1. The summed E-state index contributed by atoms with van der Waals surface area (Å²) in [5.74, 6) is -0.560. The second kappa shape index (κ2) is 8.03. The first kappa shape index (κ1) is 12.4. The third-order valence-corrected chi connectivity index (χ3v) is 1.31. The van der Waals surface area contributed by atoms with E-state index in [1.807, 2.05) is 6.92 Å². The maximum absolute atomic E-state index is 10.8. The third kappa shape index (κ3) is 7.08. The SMILES string of the molecule is CCCCOC(=O)C=NNC(=O)NC. The van der Waals surface area contributed by atoms with Crippen molar-refractivity contribution >= 4 is 18.2 Å². The highest BCUT2D eigenvalue weighted by Gasteiger charge is 1.97. The molecule has 2 N–H and O–H groups in total. The van der Waals surface area contributed by atoms with E-state index in [0.717, 1.165) is 19.1 Å². The van der Waals surface area contributed by atoms with Gasteiger partial charge in [0.25, 0.3) is 0 Å². The number of rotatable bonds is 5. The highest BCUT2D eigenvalue weighted by molar-refractivity contribution is 6.23. The Hall–Kier alpha value is -1.59. The molecule has 0 aromatic rings. The Bertz CT molecular complexity index is 216. The molecule has 0 radical (unpaired) electrons. The van der Waals surface area contributed by atoms with Gasteiger partial charge in [0.05, 0.1) is 6.61 Å². The molecule has 0 aromatic heterocycles. The molecule has 0 unspecified atom stereocenters. The summed E-state index contributed by atoms with van der Waals surface area (Å²) < 4.78 is 4.74. The molecule has 80 valence electrons. The molecule has 0 saturated carbocycles. The summed E-state index contributed by atoms with van der Waals surface area (Å²) in [7, 11) is 1.45. The number of ether oxygens (including phenoxy) is 1. The summed E-state index contributed by atoms with van der Waals surface area (Å²) >= 11 is 0. The Labute approximate surface area is 82.7 Å². The number of amides is 2. The molecule has 6 nitrogen and oxygen atoms in total. The molecule has 0 atom stereocenters. The fourth-order valence-corrected chi connectivity index (χ4v) is 0.554. The zero-order chi connectivity index (χ0) is 10.8. The molecular weight excluding hydrogens is 186 g/mol. The van der Waals surface area contributed by atoms with Crippen LogP contribution in [0.15, 0.2) is 5.10 Å². The van der Waals surface area contributed by atoms with E-state index in [1.54, 1.807) is 0 Å². The average molecular weight is 201 g/mol. The number of hydrazone groups is 1. The predicted octanol–water partition coefficient (Wildman–Crippen LogP) is 0.245. The van der Waals surface area contributed by atoms with Crippen LogP contribution in [0, 0.1) is 0 Å². The van der Waals surface area contributed by atoms with Gasteiger partial charge in [0.1, 0.15) is 6.21 Å². The minimum absolute atomic E-state index is 0.376. The first-order chi connectivity index (χ1) is 6.70. The van der Waals surface area contributed by atoms with Crippen LogP contribution >= 0.6 is 0 Å². The van der Waals surface area contributed by atoms with Crippen molar-refractivity contribution < 1.29 is 14.3 Å². The number of nitrogens with one attached hydrogen (secondary N) is 2. The maximum Gasteiger partial charge on any atom is 0.351 e. The standard InChI is InChI=1S/C8H15N3O3/c1-3-4-5-14-7(12)6-10-11-8(13)9-2/h6H,3-5H2,1-2H3,(H2,9,11,13). The van der Waals surface area contributed by atoms with Crippen molar-refractivity contribution in [2.75, 3.05) is 13.7 Å². The van der Waals surface area contributed by atoms with Gasteiger partial charge in [0.2, 0.25) is 0 Å². The van der Waals surface area contributed by atoms with E-state index in [9.17, 15) is 9.59 Å². The summed E-state index contributed by atoms with van der Waals surface area (Å²) in [6.45, 7) is 2.37. The van der Waals surface area contributed by atoms with Crippen molar-refractivity contribution in [1.82, 2.24) is 10.7 Å². The number of carbonyl (C=O) groups is 2. The zero-order valence-corrected chi connectivity index (χ0v) is 8.37. The molecule has 0 aliphatic rings. The van der Waals surface area contributed by atoms with Crippen LogP contribution in [0.1, 0.15) is 19.8 Å². The number of hydrogen-bond donors (Lipinski definition) is 2. The lowest BCUT2D eigenvalue weighted by Crippen LogP contribution is -2.29. The molecule has 0 aromatic carbocycles. The topological polar surface area (TPSA) is 79.8 Å². The molecular formula is C8H15N3O3. The van der Waals surface area contributed by atoms with Crippen LogP contribution in [0.3, 0.4) is 0 Å². The number of urea groups is 1. The fourth-order valence-electron chi connectivity index (χ4n) is 0.554. The molecule has 0 bridgehead atoms. The molecule has 0 spiro atoms. The minimum atomic E-state index is -0.560. The van der Waals surface area contributed by atoms with Gasteiger partial charge in [-0.1, -0.05) is 13.3 Å². The lowest BCUT2D eigenvalue weighted by molar-refractivity contribution is -0.135. The quantitative estimate of drug-likeness (QED) is 0.289. The van der Waals surface area contributed by atoms with Gasteiger partial charge in [-0.3, -0.25) is 0 Å². The highest BCUT2D eigenvalue weighted by Crippen LogP contribution is 1.87. The third-order valence-electron chi connectivity index (χ3n) is 1.31. The largest absolute Gasteiger partial charge is 0.461 e. The van der Waals surface area contributed by atoms with Crippen LogP contribution in [0.4, 0.5) is 4.79 Å². The predicted molar refractivity (Wildman–Crippen MR) is 52.0 cm³/mol. The molecule has 14 heavy (non-hydrogen) atoms. The normalized spacial score (nSPS) is 9.86. The smallest absolute Gasteiger partial charge is 0.351 e. The van der Waals surface area contributed by atoms with Crippen LogP contribution < -0.4 is 10.7 Å². The van der Waals surface area contributed by atoms with E-state index in [-0.39, 0.29) is 0 Å². The van der Waals surface area contributed by atoms with E-state index in [2.05, 4.69) is 15.8 Å². The highest BCUT2D eigenvalue weighted by atomic mass is 16.5. The maximum atomic E-state index is 10.8. The van der Waals surface area contributed by atoms with Crippen LogP contribution in [0.25, 0.3) is 0 Å². The lowest BCUT2D eigenvalue weighted by atomic mass is 10.4. The van der Waals surface area contributed by atoms with Gasteiger partial charge in [-0.05, 0) is 6.42 Å². The van der Waals surface area contributed by atoms with E-state index < -0.39 is 12.0 Å². The monoisotopic (exact) mass is 201 g/mol. The molecule has 0 rings (SSSR count). The van der Waals surface area contributed by atoms with E-state index in [4.69, 9.17) is 4.74 Å². The summed E-state index contributed by atoms with van der Waals surface area (Å²) in [6, 6.07) is -0.484. The Morgan fingerprint density at radius 1 is 1.50 bits per heavy atom. The zero-order valence-electron chi connectivity index (χ0n) is 8.37. The summed E-state index contributed by atoms with van der Waals surface area (Å²) in [5, 5.41) is 5.63. The first-order valence-electron chi connectivity index (χ1n) is 4.38. The van der Waals surface area contributed by atoms with Crippen molar-refractivity contribution in [3.8, 4) is 0 Å². The average Bonchev–Trinajstić information content (AvgIpc) is 2.18. The van der Waals surface area contributed by atoms with Gasteiger partial charge in [-0.2, -0.15) is 5.10 Å². The Morgan fingerprint density at radius 3 is 2.79 bits per heavy atom. The van der Waals surface area contributed by atoms with E-state index >= 15 is 0 Å².